The Hall–Kier alpha value is -3.91. The third kappa shape index (κ3) is 4.55. The predicted octanol–water partition coefficient (Wildman–Crippen LogP) is 4.22. The molecule has 32 heavy (non-hydrogen) atoms. The van der Waals surface area contributed by atoms with Crippen LogP contribution >= 0.6 is 0 Å². The molecule has 0 aliphatic carbocycles. The van der Waals surface area contributed by atoms with Crippen molar-refractivity contribution in [1.82, 2.24) is 14.9 Å². The number of nitrogens with zero attached hydrogens (tertiary/aromatic N) is 3. The normalized spacial score (nSPS) is 11.0. The Morgan fingerprint density at radius 2 is 1.94 bits per heavy atom. The summed E-state index contributed by atoms with van der Waals surface area (Å²) in [5.74, 6) is 1.18. The molecule has 8 heteroatoms. The molecule has 1 N–H and O–H groups in total. The molecule has 2 aromatic carbocycles. The summed E-state index contributed by atoms with van der Waals surface area (Å²) in [4.78, 5) is 23.8. The van der Waals surface area contributed by atoms with Crippen LogP contribution in [0, 0.1) is 0 Å². The Kier molecular flexibility index (Phi) is 6.04. The molecule has 1 amide bonds. The van der Waals surface area contributed by atoms with Crippen LogP contribution in [0.4, 0.5) is 5.69 Å². The number of anilines is 1. The van der Waals surface area contributed by atoms with Gasteiger partial charge >= 0.3 is 0 Å². The molecule has 0 aliphatic rings. The Labute approximate surface area is 185 Å². The second kappa shape index (κ2) is 9.07. The number of nitrogens with one attached hydrogen (secondary N) is 1. The monoisotopic (exact) mass is 432 g/mol. The summed E-state index contributed by atoms with van der Waals surface area (Å²) in [6.07, 6.45) is 1.67. The molecule has 0 saturated heterocycles. The van der Waals surface area contributed by atoms with Gasteiger partial charge in [0, 0.05) is 30.1 Å². The fourth-order valence-electron chi connectivity index (χ4n) is 3.42. The van der Waals surface area contributed by atoms with Gasteiger partial charge in [-0.25, -0.2) is 4.98 Å². The van der Waals surface area contributed by atoms with Crippen LogP contribution in [-0.4, -0.2) is 49.1 Å². The van der Waals surface area contributed by atoms with Crippen molar-refractivity contribution in [3.8, 4) is 23.0 Å². The summed E-state index contributed by atoms with van der Waals surface area (Å²) in [5, 5.41) is 2.96. The molecule has 0 radical (unpaired) electrons. The van der Waals surface area contributed by atoms with Crippen LogP contribution < -0.4 is 14.8 Å². The van der Waals surface area contributed by atoms with Gasteiger partial charge in [0.15, 0.2) is 11.2 Å². The molecule has 164 valence electrons. The fraction of sp³-hybridized carbons (Fsp3) is 0.208. The Morgan fingerprint density at radius 3 is 2.66 bits per heavy atom. The number of pyridine rings is 1. The van der Waals surface area contributed by atoms with Gasteiger partial charge in [-0.2, -0.15) is 4.98 Å². The van der Waals surface area contributed by atoms with Gasteiger partial charge in [0.25, 0.3) is 5.91 Å². The first-order chi connectivity index (χ1) is 15.5. The summed E-state index contributed by atoms with van der Waals surface area (Å²) < 4.78 is 16.5. The molecule has 0 bridgehead atoms. The van der Waals surface area contributed by atoms with Crippen molar-refractivity contribution in [1.29, 1.82) is 0 Å². The number of benzene rings is 2. The minimum atomic E-state index is -0.295. The zero-order chi connectivity index (χ0) is 22.7. The average molecular weight is 432 g/mol. The molecular weight excluding hydrogens is 408 g/mol. The zero-order valence-corrected chi connectivity index (χ0v) is 18.4. The number of fused-ring (bicyclic) bond motifs is 1. The molecule has 0 unspecified atom stereocenters. The van der Waals surface area contributed by atoms with E-state index in [1.807, 2.05) is 43.3 Å². The van der Waals surface area contributed by atoms with Crippen molar-refractivity contribution in [3.63, 3.8) is 0 Å². The fourth-order valence-corrected chi connectivity index (χ4v) is 3.42. The van der Waals surface area contributed by atoms with E-state index >= 15 is 0 Å². The maximum atomic E-state index is 13.0. The van der Waals surface area contributed by atoms with Crippen LogP contribution in [0.5, 0.6) is 11.5 Å². The molecule has 0 spiro atoms. The highest BCUT2D eigenvalue weighted by Crippen LogP contribution is 2.29. The number of hydrogen-bond donors (Lipinski definition) is 1. The van der Waals surface area contributed by atoms with Crippen molar-refractivity contribution in [2.24, 2.45) is 0 Å². The van der Waals surface area contributed by atoms with E-state index in [0.717, 1.165) is 11.1 Å². The lowest BCUT2D eigenvalue weighted by Crippen LogP contribution is -2.15. The quantitative estimate of drug-likeness (QED) is 0.468. The summed E-state index contributed by atoms with van der Waals surface area (Å²) in [6, 6.07) is 14.4. The standard InChI is InChI=1S/C24H24N4O4/c1-28(2)14-15-10-16(24-27-22-20(32-24)6-5-9-25-22)12-17(11-15)26-23(29)19-8-7-18(30-3)13-21(19)31-4/h5-13H,14H2,1-4H3,(H,26,29). The van der Waals surface area contributed by atoms with Crippen LogP contribution in [0.25, 0.3) is 22.7 Å². The van der Waals surface area contributed by atoms with Gasteiger partial charge in [-0.3, -0.25) is 4.79 Å². The lowest BCUT2D eigenvalue weighted by molar-refractivity contribution is 0.102. The Bertz CT molecular complexity index is 1230. The maximum Gasteiger partial charge on any atom is 0.259 e. The topological polar surface area (TPSA) is 89.7 Å². The SMILES string of the molecule is COc1ccc(C(=O)Nc2cc(CN(C)C)cc(-c3nc4ncccc4o3)c2)c(OC)c1. The van der Waals surface area contributed by atoms with Crippen molar-refractivity contribution in [2.45, 2.75) is 6.54 Å². The molecule has 4 rings (SSSR count). The van der Waals surface area contributed by atoms with Crippen molar-refractivity contribution in [3.05, 3.63) is 65.9 Å². The van der Waals surface area contributed by atoms with E-state index in [1.165, 1.54) is 7.11 Å². The molecule has 4 aromatic rings. The van der Waals surface area contributed by atoms with Gasteiger partial charge in [0.2, 0.25) is 5.89 Å². The third-order valence-corrected chi connectivity index (χ3v) is 4.81. The van der Waals surface area contributed by atoms with Crippen LogP contribution in [0.3, 0.4) is 0 Å². The van der Waals surface area contributed by atoms with E-state index in [1.54, 1.807) is 37.6 Å². The molecule has 2 aromatic heterocycles. The van der Waals surface area contributed by atoms with Gasteiger partial charge in [0.1, 0.15) is 11.5 Å². The van der Waals surface area contributed by atoms with E-state index in [9.17, 15) is 4.79 Å². The highest BCUT2D eigenvalue weighted by molar-refractivity contribution is 6.06. The summed E-state index contributed by atoms with van der Waals surface area (Å²) in [6.45, 7) is 0.682. The smallest absolute Gasteiger partial charge is 0.259 e. The van der Waals surface area contributed by atoms with Gasteiger partial charge < -0.3 is 24.1 Å². The van der Waals surface area contributed by atoms with Crippen LogP contribution in [0.1, 0.15) is 15.9 Å². The minimum Gasteiger partial charge on any atom is -0.497 e. The number of rotatable bonds is 7. The number of ether oxygens (including phenoxy) is 2. The second-order valence-electron chi connectivity index (χ2n) is 7.52. The minimum absolute atomic E-state index is 0.295. The number of methoxy groups -OCH3 is 2. The summed E-state index contributed by atoms with van der Waals surface area (Å²) in [7, 11) is 7.05. The highest BCUT2D eigenvalue weighted by atomic mass is 16.5. The Morgan fingerprint density at radius 1 is 1.09 bits per heavy atom. The van der Waals surface area contributed by atoms with Crippen LogP contribution in [-0.2, 0) is 6.54 Å². The van der Waals surface area contributed by atoms with E-state index in [4.69, 9.17) is 13.9 Å². The Balaban J connectivity index is 1.70. The lowest BCUT2D eigenvalue weighted by atomic mass is 10.1. The second-order valence-corrected chi connectivity index (χ2v) is 7.52. The van der Waals surface area contributed by atoms with Crippen molar-refractivity contribution >= 4 is 22.8 Å². The molecule has 0 aliphatic heterocycles. The molecule has 2 heterocycles. The number of amides is 1. The highest BCUT2D eigenvalue weighted by Gasteiger charge is 2.16. The number of oxazole rings is 1. The first-order valence-corrected chi connectivity index (χ1v) is 10.0. The van der Waals surface area contributed by atoms with E-state index < -0.39 is 0 Å². The third-order valence-electron chi connectivity index (χ3n) is 4.81. The molecule has 0 fully saturated rings. The lowest BCUT2D eigenvalue weighted by Gasteiger charge is -2.14. The maximum absolute atomic E-state index is 13.0. The number of hydrogen-bond acceptors (Lipinski definition) is 7. The van der Waals surface area contributed by atoms with Gasteiger partial charge in [0.05, 0.1) is 19.8 Å². The van der Waals surface area contributed by atoms with Gasteiger partial charge in [-0.05, 0) is 62.1 Å². The van der Waals surface area contributed by atoms with Crippen molar-refractivity contribution < 1.29 is 18.7 Å². The van der Waals surface area contributed by atoms with Gasteiger partial charge in [-0.15, -0.1) is 0 Å². The zero-order valence-electron chi connectivity index (χ0n) is 18.4. The largest absolute Gasteiger partial charge is 0.497 e. The predicted molar refractivity (Wildman–Crippen MR) is 122 cm³/mol. The van der Waals surface area contributed by atoms with E-state index in [2.05, 4.69) is 15.3 Å². The number of carbonyl (C=O) groups excluding carboxylic acids is 1. The number of carbonyl (C=O) groups is 1. The molecular formula is C24H24N4O4. The first-order valence-electron chi connectivity index (χ1n) is 10.0. The number of aromatic nitrogens is 2. The average Bonchev–Trinajstić information content (AvgIpc) is 3.22. The van der Waals surface area contributed by atoms with E-state index in [0.29, 0.717) is 46.4 Å². The molecule has 8 nitrogen and oxygen atoms in total. The van der Waals surface area contributed by atoms with Crippen molar-refractivity contribution in [2.75, 3.05) is 33.6 Å². The van der Waals surface area contributed by atoms with Crippen LogP contribution in [0.15, 0.2) is 59.1 Å². The van der Waals surface area contributed by atoms with E-state index in [-0.39, 0.29) is 5.91 Å². The summed E-state index contributed by atoms with van der Waals surface area (Å²) in [5.41, 5.74) is 3.92. The van der Waals surface area contributed by atoms with Gasteiger partial charge in [-0.1, -0.05) is 0 Å². The van der Waals surface area contributed by atoms with Crippen LogP contribution in [0.2, 0.25) is 0 Å². The molecule has 0 atom stereocenters. The summed E-state index contributed by atoms with van der Waals surface area (Å²) >= 11 is 0. The molecule has 0 saturated carbocycles. The first kappa shape index (κ1) is 21.3.